The summed E-state index contributed by atoms with van der Waals surface area (Å²) in [5, 5.41) is 0. The normalized spacial score (nSPS) is 46.3. The van der Waals surface area contributed by atoms with E-state index in [9.17, 15) is 4.79 Å². The molecule has 144 valence electrons. The number of rotatable bonds is 1. The predicted octanol–water partition coefficient (Wildman–Crippen LogP) is 5.93. The number of allylic oxidation sites excluding steroid dienone is 2. The Morgan fingerprint density at radius 2 is 2.04 bits per heavy atom. The highest BCUT2D eigenvalue weighted by Crippen LogP contribution is 2.68. The smallest absolute Gasteiger partial charge is 0.133 e. The zero-order valence-electron chi connectivity index (χ0n) is 17.1. The maximum Gasteiger partial charge on any atom is 0.133 e. The minimum atomic E-state index is 0.298. The van der Waals surface area contributed by atoms with Gasteiger partial charge < -0.3 is 0 Å². The third-order valence-electron chi connectivity index (χ3n) is 9.40. The van der Waals surface area contributed by atoms with Crippen molar-refractivity contribution in [2.24, 2.45) is 40.4 Å². The molecule has 0 bridgehead atoms. The van der Waals surface area contributed by atoms with E-state index in [0.29, 0.717) is 22.5 Å². The first-order valence-corrected chi connectivity index (χ1v) is 11.1. The van der Waals surface area contributed by atoms with Crippen molar-refractivity contribution in [3.63, 3.8) is 0 Å². The van der Waals surface area contributed by atoms with Gasteiger partial charge in [-0.25, -0.2) is 0 Å². The zero-order valence-corrected chi connectivity index (χ0v) is 17.1. The molecule has 3 fully saturated rings. The topological polar surface area (TPSA) is 30.0 Å². The first kappa shape index (κ1) is 17.6. The summed E-state index contributed by atoms with van der Waals surface area (Å²) < 4.78 is 0. The zero-order chi connectivity index (χ0) is 18.8. The van der Waals surface area contributed by atoms with Crippen LogP contribution in [0.25, 0.3) is 5.57 Å². The molecular weight excluding hydrogens is 330 g/mol. The molecule has 1 unspecified atom stereocenters. The molecule has 1 aromatic rings. The molecule has 7 atom stereocenters. The highest BCUT2D eigenvalue weighted by Gasteiger charge is 2.60. The first-order chi connectivity index (χ1) is 12.9. The minimum Gasteiger partial charge on any atom is -0.300 e. The number of fused-ring (bicyclic) bond motifs is 5. The fourth-order valence-electron chi connectivity index (χ4n) is 7.97. The van der Waals surface area contributed by atoms with Crippen molar-refractivity contribution in [1.29, 1.82) is 0 Å². The van der Waals surface area contributed by atoms with Crippen molar-refractivity contribution in [1.82, 2.24) is 4.98 Å². The van der Waals surface area contributed by atoms with Crippen LogP contribution in [0.2, 0.25) is 0 Å². The molecule has 4 aliphatic rings. The molecule has 4 aliphatic carbocycles. The summed E-state index contributed by atoms with van der Waals surface area (Å²) in [5.41, 5.74) is 3.57. The Bertz CT molecular complexity index is 783. The number of hydrogen-bond donors (Lipinski definition) is 0. The average molecular weight is 364 g/mol. The molecule has 0 saturated heterocycles. The Morgan fingerprint density at radius 3 is 2.81 bits per heavy atom. The van der Waals surface area contributed by atoms with Crippen molar-refractivity contribution >= 4 is 11.4 Å². The summed E-state index contributed by atoms with van der Waals surface area (Å²) in [5.74, 6) is 4.27. The second kappa shape index (κ2) is 6.03. The lowest BCUT2D eigenvalue weighted by Gasteiger charge is -2.62. The largest absolute Gasteiger partial charge is 0.300 e. The Hall–Kier alpha value is -1.44. The van der Waals surface area contributed by atoms with Crippen LogP contribution in [0.1, 0.15) is 71.3 Å². The van der Waals surface area contributed by atoms with Crippen LogP contribution in [-0.4, -0.2) is 10.8 Å². The number of pyridine rings is 1. The molecule has 1 heterocycles. The Labute approximate surface area is 163 Å². The average Bonchev–Trinajstić information content (AvgIpc) is 3.01. The monoisotopic (exact) mass is 363 g/mol. The van der Waals surface area contributed by atoms with Gasteiger partial charge in [-0.05, 0) is 89.7 Å². The second-order valence-electron chi connectivity index (χ2n) is 10.5. The van der Waals surface area contributed by atoms with Gasteiger partial charge in [-0.3, -0.25) is 9.78 Å². The van der Waals surface area contributed by atoms with Crippen molar-refractivity contribution in [2.75, 3.05) is 0 Å². The van der Waals surface area contributed by atoms with E-state index in [0.717, 1.165) is 42.9 Å². The highest BCUT2D eigenvalue weighted by atomic mass is 16.1. The maximum absolute atomic E-state index is 12.1. The number of hydrogen-bond acceptors (Lipinski definition) is 2. The molecule has 0 aromatic carbocycles. The van der Waals surface area contributed by atoms with Gasteiger partial charge in [0, 0.05) is 25.2 Å². The molecule has 0 radical (unpaired) electrons. The van der Waals surface area contributed by atoms with Crippen LogP contribution in [-0.2, 0) is 4.79 Å². The molecular formula is C25H33NO. The molecule has 3 saturated carbocycles. The quantitative estimate of drug-likeness (QED) is 0.619. The summed E-state index contributed by atoms with van der Waals surface area (Å²) in [6, 6.07) is 4.32. The van der Waals surface area contributed by atoms with Gasteiger partial charge in [0.1, 0.15) is 5.78 Å². The minimum absolute atomic E-state index is 0.298. The van der Waals surface area contributed by atoms with Crippen LogP contribution >= 0.6 is 0 Å². The first-order valence-electron chi connectivity index (χ1n) is 11.1. The Balaban J connectivity index is 1.49. The molecule has 2 nitrogen and oxygen atoms in total. The summed E-state index contributed by atoms with van der Waals surface area (Å²) in [4.78, 5) is 16.5. The lowest BCUT2D eigenvalue weighted by Crippen LogP contribution is -2.55. The van der Waals surface area contributed by atoms with Gasteiger partial charge in [0.15, 0.2) is 0 Å². The van der Waals surface area contributed by atoms with Crippen LogP contribution in [0, 0.1) is 40.4 Å². The molecule has 0 spiro atoms. The third-order valence-corrected chi connectivity index (χ3v) is 9.40. The lowest BCUT2D eigenvalue weighted by atomic mass is 9.42. The Morgan fingerprint density at radius 1 is 1.19 bits per heavy atom. The summed E-state index contributed by atoms with van der Waals surface area (Å²) in [6.07, 6.45) is 14.4. The molecule has 5 rings (SSSR count). The number of carbonyl (C=O) groups is 1. The van der Waals surface area contributed by atoms with Crippen LogP contribution in [0.3, 0.4) is 0 Å². The van der Waals surface area contributed by atoms with E-state index in [1.54, 1.807) is 5.57 Å². The fraction of sp³-hybridized carbons (Fsp3) is 0.680. The Kier molecular flexibility index (Phi) is 3.94. The van der Waals surface area contributed by atoms with Gasteiger partial charge in [-0.2, -0.15) is 0 Å². The van der Waals surface area contributed by atoms with E-state index in [4.69, 9.17) is 0 Å². The molecule has 0 aliphatic heterocycles. The van der Waals surface area contributed by atoms with E-state index >= 15 is 0 Å². The van der Waals surface area contributed by atoms with Crippen LogP contribution < -0.4 is 0 Å². The van der Waals surface area contributed by atoms with Crippen molar-refractivity contribution in [2.45, 2.75) is 65.7 Å². The van der Waals surface area contributed by atoms with Crippen LogP contribution in [0.5, 0.6) is 0 Å². The highest BCUT2D eigenvalue weighted by molar-refractivity contribution is 5.79. The van der Waals surface area contributed by atoms with Gasteiger partial charge in [0.2, 0.25) is 0 Å². The van der Waals surface area contributed by atoms with Gasteiger partial charge in [0.05, 0.1) is 0 Å². The van der Waals surface area contributed by atoms with E-state index in [2.05, 4.69) is 50.2 Å². The third kappa shape index (κ3) is 2.44. The second-order valence-corrected chi connectivity index (χ2v) is 10.5. The van der Waals surface area contributed by atoms with Gasteiger partial charge in [-0.15, -0.1) is 0 Å². The van der Waals surface area contributed by atoms with E-state index in [-0.39, 0.29) is 0 Å². The lowest BCUT2D eigenvalue weighted by molar-refractivity contribution is -0.144. The van der Waals surface area contributed by atoms with Gasteiger partial charge in [0.25, 0.3) is 0 Å². The fourth-order valence-corrected chi connectivity index (χ4v) is 7.97. The van der Waals surface area contributed by atoms with Gasteiger partial charge in [-0.1, -0.05) is 32.9 Å². The molecule has 2 heteroatoms. The van der Waals surface area contributed by atoms with Crippen molar-refractivity contribution in [3.8, 4) is 0 Å². The van der Waals surface area contributed by atoms with Crippen LogP contribution in [0.4, 0.5) is 0 Å². The predicted molar refractivity (Wildman–Crippen MR) is 109 cm³/mol. The number of ketones is 1. The number of nitrogens with zero attached hydrogens (tertiary/aromatic N) is 1. The number of aromatic nitrogens is 1. The molecule has 0 amide bonds. The van der Waals surface area contributed by atoms with Crippen molar-refractivity contribution < 1.29 is 4.79 Å². The summed E-state index contributed by atoms with van der Waals surface area (Å²) >= 11 is 0. The van der Waals surface area contributed by atoms with E-state index in [1.165, 1.54) is 31.2 Å². The number of Topliss-reactive ketones (excluding diaryl/α,β-unsaturated/α-hetero) is 1. The van der Waals surface area contributed by atoms with E-state index < -0.39 is 0 Å². The summed E-state index contributed by atoms with van der Waals surface area (Å²) in [6.45, 7) is 7.57. The SMILES string of the molecule is C[C@@H]1CC2CC(=O)CC[C@]2(C)[C@H]2CC[C@]3(C)C(c4cccnc4)=CC[C@H]3[C@H]12. The van der Waals surface area contributed by atoms with Crippen molar-refractivity contribution in [3.05, 3.63) is 36.2 Å². The number of carbonyl (C=O) groups excluding carboxylic acids is 1. The van der Waals surface area contributed by atoms with E-state index in [1.807, 2.05) is 6.20 Å². The van der Waals surface area contributed by atoms with Crippen LogP contribution in [0.15, 0.2) is 30.6 Å². The summed E-state index contributed by atoms with van der Waals surface area (Å²) in [7, 11) is 0. The van der Waals surface area contributed by atoms with Gasteiger partial charge >= 0.3 is 0 Å². The standard InChI is InChI=1S/C25H33NO/c1-16-13-18-14-19(27)8-10-24(18,2)22-9-11-25(3)20(6-7-21(25)23(16)22)17-5-4-12-26-15-17/h4-6,12,15-16,18,21-23H,7-11,13-14H2,1-3H3/t16-,18?,21+,22+,23+,24+,25-/m1/s1. The molecule has 0 N–H and O–H groups in total. The maximum atomic E-state index is 12.1. The molecule has 1 aromatic heterocycles. The molecule has 27 heavy (non-hydrogen) atoms.